The third kappa shape index (κ3) is 2.54. The van der Waals surface area contributed by atoms with E-state index in [4.69, 9.17) is 11.0 Å². The number of nitrogens with zero attached hydrogens (tertiary/aromatic N) is 3. The molecule has 1 aromatic rings. The van der Waals surface area contributed by atoms with Crippen LogP contribution in [0.4, 0.5) is 5.82 Å². The summed E-state index contributed by atoms with van der Waals surface area (Å²) in [5.74, 6) is 0.551. The molecule has 0 bridgehead atoms. The Bertz CT molecular complexity index is 387. The standard InChI is InChI=1S/C10H12N4S/c11-7-14-4-2-9(6-14)15-8-1-3-13-10(12)5-8/h1,3,5,9H,2,4,6H2,(H2,12,13). The Morgan fingerprint density at radius 3 is 3.20 bits per heavy atom. The Hall–Kier alpha value is -1.41. The first-order valence-electron chi connectivity index (χ1n) is 4.81. The number of pyridine rings is 1. The second-order valence-electron chi connectivity index (χ2n) is 3.49. The maximum absolute atomic E-state index is 8.73. The average Bonchev–Trinajstić information content (AvgIpc) is 2.65. The minimum absolute atomic E-state index is 0.492. The zero-order valence-electron chi connectivity index (χ0n) is 8.26. The monoisotopic (exact) mass is 220 g/mol. The molecule has 15 heavy (non-hydrogen) atoms. The lowest BCUT2D eigenvalue weighted by Crippen LogP contribution is -2.14. The van der Waals surface area contributed by atoms with E-state index in [1.165, 1.54) is 0 Å². The van der Waals surface area contributed by atoms with Gasteiger partial charge in [-0.1, -0.05) is 0 Å². The van der Waals surface area contributed by atoms with Crippen LogP contribution in [0.25, 0.3) is 0 Å². The number of hydrogen-bond acceptors (Lipinski definition) is 5. The van der Waals surface area contributed by atoms with Crippen molar-refractivity contribution in [2.75, 3.05) is 18.8 Å². The molecule has 0 radical (unpaired) electrons. The van der Waals surface area contributed by atoms with Crippen molar-refractivity contribution in [1.29, 1.82) is 5.26 Å². The van der Waals surface area contributed by atoms with Gasteiger partial charge in [0.1, 0.15) is 5.82 Å². The van der Waals surface area contributed by atoms with Gasteiger partial charge in [0.2, 0.25) is 0 Å². The fourth-order valence-corrected chi connectivity index (χ4v) is 2.80. The molecule has 1 aliphatic rings. The normalized spacial score (nSPS) is 20.2. The molecular weight excluding hydrogens is 208 g/mol. The first kappa shape index (κ1) is 10.1. The summed E-state index contributed by atoms with van der Waals surface area (Å²) in [6.07, 6.45) is 4.95. The quantitative estimate of drug-likeness (QED) is 0.761. The number of nitrogen functional groups attached to an aromatic ring is 1. The number of nitrogens with two attached hydrogens (primary N) is 1. The molecule has 4 nitrogen and oxygen atoms in total. The Balaban J connectivity index is 1.96. The van der Waals surface area contributed by atoms with Crippen LogP contribution in [0.5, 0.6) is 0 Å². The third-order valence-electron chi connectivity index (χ3n) is 2.34. The Labute approximate surface area is 93.1 Å². The highest BCUT2D eigenvalue weighted by Gasteiger charge is 2.22. The number of hydrogen-bond donors (Lipinski definition) is 1. The predicted octanol–water partition coefficient (Wildman–Crippen LogP) is 1.31. The van der Waals surface area contributed by atoms with Gasteiger partial charge in [0.05, 0.1) is 0 Å². The first-order valence-corrected chi connectivity index (χ1v) is 5.69. The van der Waals surface area contributed by atoms with Crippen molar-refractivity contribution in [2.24, 2.45) is 0 Å². The van der Waals surface area contributed by atoms with Crippen molar-refractivity contribution >= 4 is 17.6 Å². The molecule has 2 N–H and O–H groups in total. The van der Waals surface area contributed by atoms with Gasteiger partial charge in [-0.15, -0.1) is 11.8 Å². The van der Waals surface area contributed by atoms with Crippen LogP contribution in [-0.4, -0.2) is 28.2 Å². The Morgan fingerprint density at radius 1 is 1.67 bits per heavy atom. The molecule has 1 aromatic heterocycles. The summed E-state index contributed by atoms with van der Waals surface area (Å²) in [7, 11) is 0. The smallest absolute Gasteiger partial charge is 0.179 e. The lowest BCUT2D eigenvalue weighted by molar-refractivity contribution is 0.488. The van der Waals surface area contributed by atoms with Crippen LogP contribution in [0.1, 0.15) is 6.42 Å². The largest absolute Gasteiger partial charge is 0.384 e. The summed E-state index contributed by atoms with van der Waals surface area (Å²) in [4.78, 5) is 6.87. The highest BCUT2D eigenvalue weighted by molar-refractivity contribution is 8.00. The van der Waals surface area contributed by atoms with E-state index in [2.05, 4.69) is 11.2 Å². The zero-order valence-corrected chi connectivity index (χ0v) is 9.07. The van der Waals surface area contributed by atoms with Gasteiger partial charge >= 0.3 is 0 Å². The fraction of sp³-hybridized carbons (Fsp3) is 0.400. The maximum atomic E-state index is 8.73. The van der Waals surface area contributed by atoms with E-state index in [1.807, 2.05) is 12.1 Å². The minimum Gasteiger partial charge on any atom is -0.384 e. The van der Waals surface area contributed by atoms with E-state index in [1.54, 1.807) is 22.9 Å². The van der Waals surface area contributed by atoms with Crippen LogP contribution in [0.3, 0.4) is 0 Å². The van der Waals surface area contributed by atoms with Crippen LogP contribution in [0.2, 0.25) is 0 Å². The van der Waals surface area contributed by atoms with Crippen LogP contribution in [-0.2, 0) is 0 Å². The number of aromatic nitrogens is 1. The summed E-state index contributed by atoms with van der Waals surface area (Å²) < 4.78 is 0. The van der Waals surface area contributed by atoms with Gasteiger partial charge in [-0.2, -0.15) is 5.26 Å². The van der Waals surface area contributed by atoms with Gasteiger partial charge in [0, 0.05) is 29.4 Å². The molecule has 0 aromatic carbocycles. The van der Waals surface area contributed by atoms with Crippen LogP contribution in [0.15, 0.2) is 23.2 Å². The highest BCUT2D eigenvalue weighted by atomic mass is 32.2. The molecule has 2 heterocycles. The lowest BCUT2D eigenvalue weighted by Gasteiger charge is -2.09. The van der Waals surface area contributed by atoms with E-state index >= 15 is 0 Å². The third-order valence-corrected chi connectivity index (χ3v) is 3.59. The average molecular weight is 220 g/mol. The molecule has 78 valence electrons. The Morgan fingerprint density at radius 2 is 2.53 bits per heavy atom. The van der Waals surface area contributed by atoms with Gasteiger partial charge < -0.3 is 10.6 Å². The number of likely N-dealkylation sites (tertiary alicyclic amines) is 1. The summed E-state index contributed by atoms with van der Waals surface area (Å²) in [5, 5.41) is 9.22. The van der Waals surface area contributed by atoms with Crippen LogP contribution >= 0.6 is 11.8 Å². The SMILES string of the molecule is N#CN1CCC(Sc2ccnc(N)c2)C1. The summed E-state index contributed by atoms with van der Waals surface area (Å²) >= 11 is 1.77. The molecule has 0 spiro atoms. The van der Waals surface area contributed by atoms with Crippen LogP contribution in [0, 0.1) is 11.5 Å². The number of anilines is 1. The van der Waals surface area contributed by atoms with Crippen molar-refractivity contribution in [3.8, 4) is 6.19 Å². The molecule has 0 saturated carbocycles. The number of nitriles is 1. The van der Waals surface area contributed by atoms with E-state index in [0.717, 1.165) is 24.4 Å². The zero-order chi connectivity index (χ0) is 10.7. The fourth-order valence-electron chi connectivity index (χ4n) is 1.61. The predicted molar refractivity (Wildman–Crippen MR) is 60.1 cm³/mol. The van der Waals surface area contributed by atoms with Crippen molar-refractivity contribution < 1.29 is 0 Å². The number of rotatable bonds is 2. The van der Waals surface area contributed by atoms with Gasteiger partial charge in [-0.25, -0.2) is 4.98 Å². The summed E-state index contributed by atoms with van der Waals surface area (Å²) in [6, 6.07) is 3.83. The molecule has 5 heteroatoms. The van der Waals surface area contributed by atoms with Gasteiger partial charge in [-0.3, -0.25) is 0 Å². The molecule has 0 amide bonds. The highest BCUT2D eigenvalue weighted by Crippen LogP contribution is 2.29. The van der Waals surface area contributed by atoms with Crippen LogP contribution < -0.4 is 5.73 Å². The van der Waals surface area contributed by atoms with E-state index < -0.39 is 0 Å². The molecule has 1 fully saturated rings. The number of thioether (sulfide) groups is 1. The Kier molecular flexibility index (Phi) is 2.97. The summed E-state index contributed by atoms with van der Waals surface area (Å²) in [6.45, 7) is 1.71. The van der Waals surface area contributed by atoms with Crippen molar-refractivity contribution in [2.45, 2.75) is 16.6 Å². The lowest BCUT2D eigenvalue weighted by atomic mass is 10.4. The molecule has 2 rings (SSSR count). The first-order chi connectivity index (χ1) is 7.28. The molecule has 1 saturated heterocycles. The molecule has 1 aliphatic heterocycles. The van der Waals surface area contributed by atoms with Gasteiger partial charge in [0.15, 0.2) is 6.19 Å². The maximum Gasteiger partial charge on any atom is 0.179 e. The van der Waals surface area contributed by atoms with Gasteiger partial charge in [0.25, 0.3) is 0 Å². The second kappa shape index (κ2) is 4.41. The van der Waals surface area contributed by atoms with E-state index in [0.29, 0.717) is 11.1 Å². The second-order valence-corrected chi connectivity index (χ2v) is 4.86. The van der Waals surface area contributed by atoms with Crippen molar-refractivity contribution in [3.63, 3.8) is 0 Å². The summed E-state index contributed by atoms with van der Waals surface area (Å²) in [5.41, 5.74) is 5.60. The van der Waals surface area contributed by atoms with Crippen molar-refractivity contribution in [3.05, 3.63) is 18.3 Å². The molecule has 1 unspecified atom stereocenters. The van der Waals surface area contributed by atoms with Crippen molar-refractivity contribution in [1.82, 2.24) is 9.88 Å². The minimum atomic E-state index is 0.492. The molecule has 0 aliphatic carbocycles. The van der Waals surface area contributed by atoms with E-state index in [-0.39, 0.29) is 0 Å². The van der Waals surface area contributed by atoms with Gasteiger partial charge in [-0.05, 0) is 18.6 Å². The van der Waals surface area contributed by atoms with E-state index in [9.17, 15) is 0 Å². The topological polar surface area (TPSA) is 65.9 Å². The molecule has 1 atom stereocenters. The molecular formula is C10H12N4S.